The number of phosphoric ester groups is 2. The van der Waals surface area contributed by atoms with E-state index in [1.807, 2.05) is 36.5 Å². The van der Waals surface area contributed by atoms with Gasteiger partial charge in [-0.25, -0.2) is 9.13 Å². The van der Waals surface area contributed by atoms with Crippen molar-refractivity contribution in [3.8, 4) is 0 Å². The molecule has 0 aliphatic carbocycles. The van der Waals surface area contributed by atoms with Gasteiger partial charge >= 0.3 is 27.6 Å². The second-order valence-corrected chi connectivity index (χ2v) is 17.5. The van der Waals surface area contributed by atoms with Gasteiger partial charge < -0.3 is 34.4 Å². The first-order chi connectivity index (χ1) is 29.8. The van der Waals surface area contributed by atoms with E-state index in [1.165, 1.54) is 38.5 Å². The number of rotatable bonds is 41. The zero-order chi connectivity index (χ0) is 46.0. The number of phosphoric acid groups is 2. The van der Waals surface area contributed by atoms with Crippen LogP contribution in [0.3, 0.4) is 0 Å². The third-order valence-corrected chi connectivity index (χ3v) is 10.3. The smallest absolute Gasteiger partial charge is 0.462 e. The van der Waals surface area contributed by atoms with Gasteiger partial charge in [-0.3, -0.25) is 23.2 Å². The molecule has 356 valence electrons. The van der Waals surface area contributed by atoms with Crippen LogP contribution in [0.25, 0.3) is 0 Å². The van der Waals surface area contributed by atoms with E-state index < -0.39 is 72.3 Å². The highest BCUT2D eigenvalue weighted by molar-refractivity contribution is 7.47. The number of carbonyl (C=O) groups is 2. The zero-order valence-electron chi connectivity index (χ0n) is 37.3. The van der Waals surface area contributed by atoms with Crippen molar-refractivity contribution >= 4 is 27.6 Å². The lowest BCUT2D eigenvalue weighted by Gasteiger charge is -2.20. The van der Waals surface area contributed by atoms with Gasteiger partial charge in [-0.05, 0) is 83.5 Å². The number of allylic oxidation sites excluding steroid dienone is 12. The molecule has 0 bridgehead atoms. The van der Waals surface area contributed by atoms with E-state index in [1.54, 1.807) is 6.08 Å². The molecule has 0 radical (unpaired) electrons. The molecule has 16 heteroatoms. The fourth-order valence-electron chi connectivity index (χ4n) is 5.37. The summed E-state index contributed by atoms with van der Waals surface area (Å²) in [6.45, 7) is 1.51. The molecule has 0 aromatic heterocycles. The van der Waals surface area contributed by atoms with Gasteiger partial charge in [-0.2, -0.15) is 0 Å². The van der Waals surface area contributed by atoms with Crippen molar-refractivity contribution in [2.75, 3.05) is 26.4 Å². The SMILES string of the molecule is CCCCC/C=C\C/C=C\C/C=C\CCCCCCC(=O)O[C@H](COC(=O)CCC/C=C\C/C=C\C=C\[C@H](O)C/C=C\CCCCC)COP(=O)(O)OC[C@@H](O)COP(=O)(O)O. The fourth-order valence-corrected chi connectivity index (χ4v) is 6.53. The minimum absolute atomic E-state index is 0.0772. The van der Waals surface area contributed by atoms with Crippen LogP contribution in [0.2, 0.25) is 0 Å². The molecule has 0 aromatic carbocycles. The molecule has 0 aromatic rings. The number of hydrogen-bond donors (Lipinski definition) is 5. The number of esters is 2. The maximum Gasteiger partial charge on any atom is 0.472 e. The highest BCUT2D eigenvalue weighted by Gasteiger charge is 2.28. The summed E-state index contributed by atoms with van der Waals surface area (Å²) in [6.07, 6.45) is 43.2. The highest BCUT2D eigenvalue weighted by atomic mass is 31.2. The second-order valence-electron chi connectivity index (χ2n) is 14.8. The Balaban J connectivity index is 4.71. The zero-order valence-corrected chi connectivity index (χ0v) is 39.1. The van der Waals surface area contributed by atoms with Gasteiger partial charge in [0.05, 0.1) is 25.9 Å². The van der Waals surface area contributed by atoms with Crippen LogP contribution >= 0.6 is 15.6 Å². The molecule has 0 fully saturated rings. The molecule has 14 nitrogen and oxygen atoms in total. The van der Waals surface area contributed by atoms with Crippen LogP contribution in [-0.2, 0) is 41.8 Å². The first-order valence-corrected chi connectivity index (χ1v) is 25.4. The standard InChI is InChI=1S/C46H78O14P2/c1-3-5-7-9-11-12-13-14-15-16-17-18-19-20-25-29-33-37-46(50)60-44(41-59-62(54,55)58-39-43(48)38-57-61(51,52)53)40-56-45(49)36-32-28-24-22-21-23-27-31-35-42(47)34-30-26-10-8-6-4-2/h11-12,14-15,17-18,22-24,26-27,30-31,35,42-44,47-48H,3-10,13,16,19-21,25,28-29,32-34,36-41H2,1-2H3,(H,54,55)(H2,51,52,53)/b12-11-,15-14-,18-17-,24-22-,27-23-,30-26-,35-31+/t42-,43+,44-/m1/s1. The average Bonchev–Trinajstić information content (AvgIpc) is 3.23. The van der Waals surface area contributed by atoms with Crippen LogP contribution in [0.4, 0.5) is 0 Å². The third-order valence-electron chi connectivity index (χ3n) is 8.83. The third kappa shape index (κ3) is 43.9. The van der Waals surface area contributed by atoms with Gasteiger partial charge in [0.15, 0.2) is 6.10 Å². The average molecular weight is 917 g/mol. The first kappa shape index (κ1) is 59.3. The maximum absolute atomic E-state index is 12.7. The van der Waals surface area contributed by atoms with E-state index in [4.69, 9.17) is 23.8 Å². The topological polar surface area (TPSA) is 216 Å². The summed E-state index contributed by atoms with van der Waals surface area (Å²) in [7, 11) is -9.73. The van der Waals surface area contributed by atoms with E-state index in [-0.39, 0.29) is 12.8 Å². The summed E-state index contributed by atoms with van der Waals surface area (Å²) in [5.74, 6) is -1.17. The minimum atomic E-state index is -4.88. The van der Waals surface area contributed by atoms with Crippen molar-refractivity contribution in [1.29, 1.82) is 0 Å². The molecule has 5 N–H and O–H groups in total. The lowest BCUT2D eigenvalue weighted by Crippen LogP contribution is -2.30. The molecule has 4 atom stereocenters. The van der Waals surface area contributed by atoms with Gasteiger partial charge in [-0.15, -0.1) is 0 Å². The van der Waals surface area contributed by atoms with Crippen molar-refractivity contribution in [2.45, 2.75) is 167 Å². The van der Waals surface area contributed by atoms with Crippen molar-refractivity contribution in [3.63, 3.8) is 0 Å². The van der Waals surface area contributed by atoms with E-state index in [2.05, 4.69) is 65.4 Å². The highest BCUT2D eigenvalue weighted by Crippen LogP contribution is 2.43. The number of carbonyl (C=O) groups excluding carboxylic acids is 2. The van der Waals surface area contributed by atoms with E-state index in [9.17, 15) is 33.8 Å². The van der Waals surface area contributed by atoms with E-state index in [0.29, 0.717) is 32.1 Å². The van der Waals surface area contributed by atoms with E-state index >= 15 is 0 Å². The first-order valence-electron chi connectivity index (χ1n) is 22.4. The Morgan fingerprint density at radius 3 is 1.65 bits per heavy atom. The van der Waals surface area contributed by atoms with E-state index in [0.717, 1.165) is 51.4 Å². The van der Waals surface area contributed by atoms with Gasteiger partial charge in [0, 0.05) is 12.8 Å². The van der Waals surface area contributed by atoms with Crippen LogP contribution in [0.1, 0.15) is 149 Å². The Kier molecular flexibility index (Phi) is 39.2. The molecule has 1 unspecified atom stereocenters. The summed E-state index contributed by atoms with van der Waals surface area (Å²) in [5, 5.41) is 19.8. The number of unbranched alkanes of at least 4 members (excludes halogenated alkanes) is 11. The van der Waals surface area contributed by atoms with Crippen LogP contribution in [0.5, 0.6) is 0 Å². The Hall–Kier alpha value is -2.74. The normalized spacial score (nSPS) is 15.3. The summed E-state index contributed by atoms with van der Waals surface area (Å²) in [4.78, 5) is 52.7. The fraction of sp³-hybridized carbons (Fsp3) is 0.652. The summed E-state index contributed by atoms with van der Waals surface area (Å²) in [5.41, 5.74) is 0. The number of aliphatic hydroxyl groups excluding tert-OH is 2. The predicted molar refractivity (Wildman–Crippen MR) is 245 cm³/mol. The Morgan fingerprint density at radius 1 is 0.532 bits per heavy atom. The van der Waals surface area contributed by atoms with Crippen molar-refractivity contribution in [1.82, 2.24) is 0 Å². The van der Waals surface area contributed by atoms with Crippen LogP contribution in [0.15, 0.2) is 85.1 Å². The summed E-state index contributed by atoms with van der Waals surface area (Å²) in [6, 6.07) is 0. The summed E-state index contributed by atoms with van der Waals surface area (Å²) >= 11 is 0. The quantitative estimate of drug-likeness (QED) is 0.0127. The molecule has 0 aliphatic heterocycles. The maximum atomic E-state index is 12.7. The molecule has 0 amide bonds. The second kappa shape index (κ2) is 41.0. The van der Waals surface area contributed by atoms with Crippen LogP contribution in [0, 0.1) is 0 Å². The Labute approximate surface area is 371 Å². The summed E-state index contributed by atoms with van der Waals surface area (Å²) < 4.78 is 47.7. The monoisotopic (exact) mass is 916 g/mol. The van der Waals surface area contributed by atoms with Crippen LogP contribution in [-0.4, -0.2) is 81.6 Å². The number of aliphatic hydroxyl groups is 2. The predicted octanol–water partition coefficient (Wildman–Crippen LogP) is 10.5. The molecule has 62 heavy (non-hydrogen) atoms. The largest absolute Gasteiger partial charge is 0.472 e. The van der Waals surface area contributed by atoms with Crippen molar-refractivity contribution in [3.05, 3.63) is 85.1 Å². The lowest BCUT2D eigenvalue weighted by molar-refractivity contribution is -0.161. The molecule has 0 rings (SSSR count). The molecule has 0 heterocycles. The minimum Gasteiger partial charge on any atom is -0.462 e. The molecular formula is C46H78O14P2. The Morgan fingerprint density at radius 2 is 1.03 bits per heavy atom. The van der Waals surface area contributed by atoms with Gasteiger partial charge in [0.1, 0.15) is 12.7 Å². The van der Waals surface area contributed by atoms with Gasteiger partial charge in [0.25, 0.3) is 0 Å². The molecule has 0 spiro atoms. The van der Waals surface area contributed by atoms with Crippen LogP contribution < -0.4 is 0 Å². The van der Waals surface area contributed by atoms with Crippen molar-refractivity contribution < 1.29 is 66.7 Å². The number of ether oxygens (including phenoxy) is 2. The van der Waals surface area contributed by atoms with Gasteiger partial charge in [0.2, 0.25) is 0 Å². The number of hydrogen-bond acceptors (Lipinski definition) is 11. The van der Waals surface area contributed by atoms with Crippen molar-refractivity contribution in [2.24, 2.45) is 0 Å². The molecule has 0 aliphatic rings. The molecule has 0 saturated heterocycles. The molecular weight excluding hydrogens is 838 g/mol. The Bertz CT molecular complexity index is 1430. The van der Waals surface area contributed by atoms with Gasteiger partial charge in [-0.1, -0.05) is 137 Å². The lowest BCUT2D eigenvalue weighted by atomic mass is 10.1. The molecule has 0 saturated carbocycles.